The molecule has 0 spiro atoms. The van der Waals surface area contributed by atoms with Crippen molar-refractivity contribution in [1.82, 2.24) is 20.6 Å². The Hall–Kier alpha value is -1.56. The van der Waals surface area contributed by atoms with E-state index in [4.69, 9.17) is 17.0 Å². The van der Waals surface area contributed by atoms with Crippen LogP contribution in [-0.2, 0) is 0 Å². The Balaban J connectivity index is 1.64. The fourth-order valence-electron chi connectivity index (χ4n) is 3.00. The number of hydrogen-bond acceptors (Lipinski definition) is 5. The summed E-state index contributed by atoms with van der Waals surface area (Å²) >= 11 is 5.95. The molecule has 0 bridgehead atoms. The number of aromatic nitrogens is 2. The van der Waals surface area contributed by atoms with E-state index < -0.39 is 0 Å². The zero-order valence-corrected chi connectivity index (χ0v) is 13.8. The van der Waals surface area contributed by atoms with Gasteiger partial charge >= 0.3 is 0 Å². The molecule has 3 heterocycles. The van der Waals surface area contributed by atoms with Crippen molar-refractivity contribution >= 4 is 28.8 Å². The van der Waals surface area contributed by atoms with Crippen LogP contribution in [-0.4, -0.2) is 42.4 Å². The van der Waals surface area contributed by atoms with Crippen LogP contribution in [0.4, 0.5) is 0 Å². The lowest BCUT2D eigenvalue weighted by atomic mass is 9.97. The Kier molecular flexibility index (Phi) is 5.54. The molecule has 0 saturated carbocycles. The molecule has 1 aliphatic rings. The highest BCUT2D eigenvalue weighted by Gasteiger charge is 2.14. The summed E-state index contributed by atoms with van der Waals surface area (Å²) in [5.41, 5.74) is 2.60. The quantitative estimate of drug-likeness (QED) is 0.562. The first-order valence-electron chi connectivity index (χ1n) is 8.10. The Morgan fingerprint density at radius 2 is 2.17 bits per heavy atom. The summed E-state index contributed by atoms with van der Waals surface area (Å²) in [6.07, 6.45) is 5.76. The number of pyridine rings is 2. The van der Waals surface area contributed by atoms with Crippen molar-refractivity contribution in [2.45, 2.75) is 18.8 Å². The van der Waals surface area contributed by atoms with Crippen LogP contribution in [0, 0.1) is 11.3 Å². The third-order valence-corrected chi connectivity index (χ3v) is 4.62. The summed E-state index contributed by atoms with van der Waals surface area (Å²) in [5.74, 6) is 0.743. The zero-order valence-electron chi connectivity index (χ0n) is 13.1. The average Bonchev–Trinajstić information content (AvgIpc) is 2.59. The van der Waals surface area contributed by atoms with Crippen LogP contribution in [0.2, 0.25) is 5.15 Å². The lowest BCUT2D eigenvalue weighted by Crippen LogP contribution is -2.35. The van der Waals surface area contributed by atoms with E-state index in [1.807, 2.05) is 18.3 Å². The highest BCUT2D eigenvalue weighted by molar-refractivity contribution is 6.29. The van der Waals surface area contributed by atoms with E-state index in [1.165, 1.54) is 19.1 Å². The summed E-state index contributed by atoms with van der Waals surface area (Å²) in [5, 5.41) is 15.1. The Bertz CT molecular complexity index is 669. The van der Waals surface area contributed by atoms with Gasteiger partial charge in [-0.25, -0.2) is 4.98 Å². The number of nitrogens with zero attached hydrogens (tertiary/aromatic N) is 2. The first-order chi connectivity index (χ1) is 11.3. The van der Waals surface area contributed by atoms with Gasteiger partial charge in [0.25, 0.3) is 0 Å². The summed E-state index contributed by atoms with van der Waals surface area (Å²) < 4.78 is 0. The minimum absolute atomic E-state index is 0.00870. The Morgan fingerprint density at radius 3 is 2.96 bits per heavy atom. The summed E-state index contributed by atoms with van der Waals surface area (Å²) in [7, 11) is 0. The maximum absolute atomic E-state index is 7.72. The maximum Gasteiger partial charge on any atom is 0.129 e. The van der Waals surface area contributed by atoms with Crippen LogP contribution >= 0.6 is 11.6 Å². The molecule has 2 aromatic rings. The molecule has 1 fully saturated rings. The van der Waals surface area contributed by atoms with E-state index in [1.54, 1.807) is 6.07 Å². The maximum atomic E-state index is 7.72. The van der Waals surface area contributed by atoms with Crippen LogP contribution in [0.25, 0.3) is 11.0 Å². The summed E-state index contributed by atoms with van der Waals surface area (Å²) in [6, 6.07) is 5.59. The number of piperidine rings is 1. The molecule has 1 aliphatic heterocycles. The molecule has 23 heavy (non-hydrogen) atoms. The standard InChI is InChI=1S/C17H22ClN5/c18-17-2-1-15-16(23-17)7-13(11-22-15)14(8-19)10-21-9-12-3-5-20-6-4-12/h1-2,7-8,11-12,14,19-21H,3-6,9-10H2. The Morgan fingerprint density at radius 1 is 1.35 bits per heavy atom. The van der Waals surface area contributed by atoms with Crippen molar-refractivity contribution in [3.8, 4) is 0 Å². The minimum Gasteiger partial charge on any atom is -0.317 e. The molecule has 0 radical (unpaired) electrons. The van der Waals surface area contributed by atoms with Crippen LogP contribution in [0.15, 0.2) is 24.4 Å². The van der Waals surface area contributed by atoms with Gasteiger partial charge in [-0.15, -0.1) is 0 Å². The Labute approximate surface area is 141 Å². The van der Waals surface area contributed by atoms with Gasteiger partial charge in [0.05, 0.1) is 11.0 Å². The zero-order chi connectivity index (χ0) is 16.1. The number of halogens is 1. The van der Waals surface area contributed by atoms with Gasteiger partial charge in [0.15, 0.2) is 0 Å². The van der Waals surface area contributed by atoms with Crippen molar-refractivity contribution in [3.05, 3.63) is 35.1 Å². The topological polar surface area (TPSA) is 73.7 Å². The van der Waals surface area contributed by atoms with Gasteiger partial charge in [0.1, 0.15) is 5.15 Å². The fraction of sp³-hybridized carbons (Fsp3) is 0.471. The van der Waals surface area contributed by atoms with Gasteiger partial charge in [0, 0.05) is 24.9 Å². The first kappa shape index (κ1) is 16.3. The predicted molar refractivity (Wildman–Crippen MR) is 94.5 cm³/mol. The van der Waals surface area contributed by atoms with Crippen molar-refractivity contribution in [2.24, 2.45) is 5.92 Å². The normalized spacial score (nSPS) is 17.3. The smallest absolute Gasteiger partial charge is 0.129 e. The molecule has 2 aromatic heterocycles. The van der Waals surface area contributed by atoms with E-state index in [9.17, 15) is 0 Å². The van der Waals surface area contributed by atoms with Gasteiger partial charge in [-0.05, 0) is 62.2 Å². The lowest BCUT2D eigenvalue weighted by molar-refractivity contribution is 0.357. The average molecular weight is 332 g/mol. The third-order valence-electron chi connectivity index (χ3n) is 4.41. The number of nitrogens with one attached hydrogen (secondary N) is 3. The molecule has 5 nitrogen and oxygen atoms in total. The molecular weight excluding hydrogens is 310 g/mol. The molecule has 1 atom stereocenters. The fourth-order valence-corrected chi connectivity index (χ4v) is 3.16. The monoisotopic (exact) mass is 331 g/mol. The van der Waals surface area contributed by atoms with Crippen LogP contribution < -0.4 is 10.6 Å². The third kappa shape index (κ3) is 4.25. The van der Waals surface area contributed by atoms with Gasteiger partial charge < -0.3 is 16.0 Å². The summed E-state index contributed by atoms with van der Waals surface area (Å²) in [6.45, 7) is 3.99. The van der Waals surface area contributed by atoms with Gasteiger partial charge in [-0.2, -0.15) is 0 Å². The van der Waals surface area contributed by atoms with Crippen molar-refractivity contribution in [1.29, 1.82) is 5.41 Å². The van der Waals surface area contributed by atoms with Crippen molar-refractivity contribution in [2.75, 3.05) is 26.2 Å². The van der Waals surface area contributed by atoms with E-state index in [0.717, 1.165) is 48.7 Å². The molecule has 0 aliphatic carbocycles. The van der Waals surface area contributed by atoms with E-state index in [0.29, 0.717) is 5.15 Å². The molecular formula is C17H22ClN5. The van der Waals surface area contributed by atoms with Crippen LogP contribution in [0.1, 0.15) is 24.3 Å². The van der Waals surface area contributed by atoms with Crippen molar-refractivity contribution < 1.29 is 0 Å². The number of fused-ring (bicyclic) bond motifs is 1. The van der Waals surface area contributed by atoms with Gasteiger partial charge in [-0.1, -0.05) is 11.6 Å². The lowest BCUT2D eigenvalue weighted by Gasteiger charge is -2.23. The van der Waals surface area contributed by atoms with E-state index in [2.05, 4.69) is 20.6 Å². The highest BCUT2D eigenvalue weighted by atomic mass is 35.5. The molecule has 1 unspecified atom stereocenters. The number of rotatable bonds is 6. The van der Waals surface area contributed by atoms with Crippen LogP contribution in [0.3, 0.4) is 0 Å². The minimum atomic E-state index is 0.00870. The second-order valence-corrected chi connectivity index (χ2v) is 6.45. The van der Waals surface area contributed by atoms with E-state index >= 15 is 0 Å². The predicted octanol–water partition coefficient (Wildman–Crippen LogP) is 2.61. The highest BCUT2D eigenvalue weighted by Crippen LogP contribution is 2.19. The summed E-state index contributed by atoms with van der Waals surface area (Å²) in [4.78, 5) is 8.74. The SMILES string of the molecule is N=CC(CNCC1CCNCC1)c1cnc2ccc(Cl)nc2c1. The van der Waals surface area contributed by atoms with Gasteiger partial charge in [0.2, 0.25) is 0 Å². The van der Waals surface area contributed by atoms with E-state index in [-0.39, 0.29) is 5.92 Å². The van der Waals surface area contributed by atoms with Crippen LogP contribution in [0.5, 0.6) is 0 Å². The second-order valence-electron chi connectivity index (χ2n) is 6.07. The molecule has 3 rings (SSSR count). The molecule has 6 heteroatoms. The molecule has 0 aromatic carbocycles. The number of hydrogen-bond donors (Lipinski definition) is 3. The van der Waals surface area contributed by atoms with Crippen molar-refractivity contribution in [3.63, 3.8) is 0 Å². The molecule has 122 valence electrons. The molecule has 0 amide bonds. The molecule has 3 N–H and O–H groups in total. The first-order valence-corrected chi connectivity index (χ1v) is 8.48. The largest absolute Gasteiger partial charge is 0.317 e. The van der Waals surface area contributed by atoms with Gasteiger partial charge in [-0.3, -0.25) is 4.98 Å². The molecule has 1 saturated heterocycles. The second kappa shape index (κ2) is 7.81.